The molecule has 4 aliphatic carbocycles. The fourth-order valence-electron chi connectivity index (χ4n) is 18.7. The van der Waals surface area contributed by atoms with Crippen molar-refractivity contribution in [1.29, 1.82) is 0 Å². The molecule has 8 aliphatic rings. The number of carbonyl (C=O) groups excluding carboxylic acids is 4. The Labute approximate surface area is 715 Å². The maximum absolute atomic E-state index is 13.7. The molecule has 12 aromatic heterocycles. The van der Waals surface area contributed by atoms with Crippen LogP contribution in [-0.2, 0) is 0 Å². The fourth-order valence-corrected chi connectivity index (χ4v) is 18.7. The lowest BCUT2D eigenvalue weighted by molar-refractivity contribution is 0.0459. The van der Waals surface area contributed by atoms with Gasteiger partial charge in [0.05, 0.1) is 85.3 Å². The van der Waals surface area contributed by atoms with E-state index in [9.17, 15) is 28.0 Å². The molecule has 632 valence electrons. The summed E-state index contributed by atoms with van der Waals surface area (Å²) in [6, 6.07) is 42.1. The standard InChI is InChI=1S/C23H21F2N5O2.C23H21N7O2.C23H20N6O2.C22H23N5O3/c1-13-7-16(22-26-5-2-6-27-22)20(29-10-13)23(31)30-12-14-8-17(30)18(9-14)32-19-4-3-15(11-28-19)21(24)25;1-14-4-6-17(30-25-9-10-26-30)21(27-14)23(31)29-13-15-11-18(29)19(12-15)32-20-7-5-16-3-2-8-24-22(16)28-20;30-23(17-5-1-2-6-18(17)29-25-10-11-26-29)28-14-15-12-19(28)20(13-15)31-21-8-7-16-4-3-9-24-22(16)27-21;1-14-6-7-20(23-12-14)30-19-11-15-10-17(19)26(13-15)22(28)21-16(27-24-8-9-25-27)4-3-5-18(21)29-2/h2-7,10-11,14,17-18,21H,8-9,12H2,1H3;2-10,15,18-19H,11-13H2,1H3;1-11,15,19-20H,12-14H2;3-9,12,15,17,19H,10-11,13H2,1-2H3. The molecule has 8 bridgehead atoms. The van der Waals surface area contributed by atoms with Crippen LogP contribution in [0.15, 0.2) is 220 Å². The lowest BCUT2D eigenvalue weighted by Gasteiger charge is -2.33. The second kappa shape index (κ2) is 34.7. The number of hydrogen-bond acceptors (Lipinski definition) is 25. The van der Waals surface area contributed by atoms with Crippen LogP contribution < -0.4 is 23.7 Å². The first-order chi connectivity index (χ1) is 61.0. The number of methoxy groups -OCH3 is 1. The van der Waals surface area contributed by atoms with Gasteiger partial charge in [0.2, 0.25) is 23.5 Å². The highest BCUT2D eigenvalue weighted by molar-refractivity contribution is 6.02. The summed E-state index contributed by atoms with van der Waals surface area (Å²) in [5.74, 6) is 4.12. The fraction of sp³-hybridized carbons (Fsp3) is 0.319. The Kier molecular flexibility index (Phi) is 22.3. The highest BCUT2D eigenvalue weighted by atomic mass is 19.3. The van der Waals surface area contributed by atoms with E-state index >= 15 is 0 Å². The molecular weight excluding hydrogens is 1600 g/mol. The lowest BCUT2D eigenvalue weighted by atomic mass is 10.0. The van der Waals surface area contributed by atoms with Gasteiger partial charge >= 0.3 is 0 Å². The number of rotatable bonds is 18. The number of benzene rings is 2. The molecule has 32 nitrogen and oxygen atoms in total. The number of carbonyl (C=O) groups is 4. The third-order valence-electron chi connectivity index (χ3n) is 24.3. The predicted molar refractivity (Wildman–Crippen MR) is 448 cm³/mol. The first-order valence-corrected chi connectivity index (χ1v) is 41.6. The number of aryl methyl sites for hydroxylation is 3. The maximum Gasteiger partial charge on any atom is 0.275 e. The first-order valence-electron chi connectivity index (χ1n) is 41.6. The molecule has 22 rings (SSSR count). The SMILES string of the molecule is COc1cccc(-n2nccn2)c1C(=O)N1CC2CC(Oc3ccc(C)cn3)C1C2.Cc1ccc(-n2nccn2)c(C(=O)N2CC3CC(Oc4ccc5cccnc5n4)C2C3)n1.Cc1cnc(C(=O)N2CC3CC(Oc4ccc(C(F)F)cn4)C2C3)c(-c2ncccn2)c1.O=C(c1ccccc1-n1nccn1)N1CC2CC(Oc3ccc4cccnc4n3)C1C2. The molecule has 8 fully saturated rings. The molecule has 0 N–H and O–H groups in total. The van der Waals surface area contributed by atoms with Gasteiger partial charge in [-0.1, -0.05) is 24.3 Å². The normalized spacial score (nSPS) is 22.1. The Morgan fingerprint density at radius 3 is 1.36 bits per heavy atom. The monoisotopic (exact) mass is 1680 g/mol. The topological polar surface area (TPSA) is 348 Å². The van der Waals surface area contributed by atoms with E-state index in [0.717, 1.165) is 91.7 Å². The molecule has 34 heteroatoms. The Balaban J connectivity index is 0.000000109. The summed E-state index contributed by atoms with van der Waals surface area (Å²) in [4.78, 5) is 110. The number of fused-ring (bicyclic) bond motifs is 10. The first kappa shape index (κ1) is 80.1. The van der Waals surface area contributed by atoms with Gasteiger partial charge in [-0.3, -0.25) is 24.2 Å². The van der Waals surface area contributed by atoms with Crippen LogP contribution in [-0.4, -0.2) is 220 Å². The summed E-state index contributed by atoms with van der Waals surface area (Å²) in [7, 11) is 1.57. The van der Waals surface area contributed by atoms with Gasteiger partial charge in [0.15, 0.2) is 22.8 Å². The molecule has 12 unspecified atom stereocenters. The van der Waals surface area contributed by atoms with E-state index in [2.05, 4.69) is 80.4 Å². The van der Waals surface area contributed by atoms with Crippen LogP contribution in [0.3, 0.4) is 0 Å². The van der Waals surface area contributed by atoms with Crippen molar-refractivity contribution in [3.63, 3.8) is 0 Å². The van der Waals surface area contributed by atoms with E-state index in [1.165, 1.54) is 26.5 Å². The molecule has 12 atom stereocenters. The van der Waals surface area contributed by atoms with Crippen molar-refractivity contribution < 1.29 is 51.6 Å². The molecule has 14 aromatic rings. The van der Waals surface area contributed by atoms with Crippen LogP contribution in [0.1, 0.15) is 122 Å². The molecule has 4 aliphatic heterocycles. The van der Waals surface area contributed by atoms with Crippen LogP contribution >= 0.6 is 0 Å². The lowest BCUT2D eigenvalue weighted by Crippen LogP contribution is -2.47. The van der Waals surface area contributed by atoms with Gasteiger partial charge < -0.3 is 43.3 Å². The van der Waals surface area contributed by atoms with E-state index in [1.54, 1.807) is 98.5 Å². The summed E-state index contributed by atoms with van der Waals surface area (Å²) >= 11 is 0. The van der Waals surface area contributed by atoms with Gasteiger partial charge in [0.25, 0.3) is 30.1 Å². The van der Waals surface area contributed by atoms with Crippen molar-refractivity contribution in [3.05, 3.63) is 265 Å². The number of piperidine rings is 4. The second-order valence-corrected chi connectivity index (χ2v) is 32.5. The van der Waals surface area contributed by atoms with Crippen LogP contribution in [0.2, 0.25) is 0 Å². The zero-order valence-corrected chi connectivity index (χ0v) is 68.5. The quantitative estimate of drug-likeness (QED) is 0.0770. The summed E-state index contributed by atoms with van der Waals surface area (Å²) in [6.07, 6.45) is 25.0. The molecule has 16 heterocycles. The smallest absolute Gasteiger partial charge is 0.275 e. The van der Waals surface area contributed by atoms with Gasteiger partial charge in [0, 0.05) is 116 Å². The van der Waals surface area contributed by atoms with E-state index < -0.39 is 6.43 Å². The maximum atomic E-state index is 13.7. The number of nitrogens with zero attached hydrogens (tertiary/aromatic N) is 23. The zero-order valence-electron chi connectivity index (χ0n) is 68.5. The largest absolute Gasteiger partial charge is 0.496 e. The average Bonchev–Trinajstić information content (AvgIpc) is 1.64. The molecule has 2 aromatic carbocycles. The molecular formula is C91H85F2N23O9. The highest BCUT2D eigenvalue weighted by Crippen LogP contribution is 2.46. The van der Waals surface area contributed by atoms with Crippen LogP contribution in [0.5, 0.6) is 29.3 Å². The summed E-state index contributed by atoms with van der Waals surface area (Å²) in [6.45, 7) is 8.57. The van der Waals surface area contributed by atoms with Crippen molar-refractivity contribution >= 4 is 45.7 Å². The molecule has 4 saturated heterocycles. The van der Waals surface area contributed by atoms with E-state index in [1.807, 2.05) is 151 Å². The summed E-state index contributed by atoms with van der Waals surface area (Å²) < 4.78 is 55.8. The molecule has 0 spiro atoms. The minimum absolute atomic E-state index is 0.00828. The molecule has 0 radical (unpaired) electrons. The van der Waals surface area contributed by atoms with Gasteiger partial charge in [-0.15, -0.1) is 4.80 Å². The molecule has 4 saturated carbocycles. The molecule has 4 amide bonds. The van der Waals surface area contributed by atoms with E-state index in [-0.39, 0.29) is 83.7 Å². The van der Waals surface area contributed by atoms with Crippen molar-refractivity contribution in [2.75, 3.05) is 33.3 Å². The number of ether oxygens (including phenoxy) is 5. The number of amides is 4. The summed E-state index contributed by atoms with van der Waals surface area (Å²) in [5, 5.41) is 27.1. The highest BCUT2D eigenvalue weighted by Gasteiger charge is 2.53. The third kappa shape index (κ3) is 16.6. The number of para-hydroxylation sites is 1. The number of pyridine rings is 8. The van der Waals surface area contributed by atoms with Gasteiger partial charge in [0.1, 0.15) is 52.8 Å². The van der Waals surface area contributed by atoms with Crippen molar-refractivity contribution in [3.8, 4) is 57.7 Å². The predicted octanol–water partition coefficient (Wildman–Crippen LogP) is 12.0. The Morgan fingerprint density at radius 2 is 0.848 bits per heavy atom. The second-order valence-electron chi connectivity index (χ2n) is 32.5. The van der Waals surface area contributed by atoms with Crippen LogP contribution in [0, 0.1) is 44.4 Å². The van der Waals surface area contributed by atoms with Crippen molar-refractivity contribution in [2.45, 2.75) is 127 Å². The minimum Gasteiger partial charge on any atom is -0.496 e. The number of hydrogen-bond donors (Lipinski definition) is 0. The number of alkyl halides is 2. The van der Waals surface area contributed by atoms with Crippen molar-refractivity contribution in [1.82, 2.24) is 114 Å². The number of aromatic nitrogens is 19. The van der Waals surface area contributed by atoms with Gasteiger partial charge in [-0.05, 0) is 198 Å². The average molecular weight is 1680 g/mol. The Hall–Kier alpha value is -14.6. The van der Waals surface area contributed by atoms with Crippen LogP contribution in [0.25, 0.3) is 50.5 Å². The number of likely N-dealkylation sites (tertiary alicyclic amines) is 4. The van der Waals surface area contributed by atoms with Crippen LogP contribution in [0.4, 0.5) is 8.78 Å². The zero-order chi connectivity index (χ0) is 85.3. The Morgan fingerprint density at radius 1 is 0.384 bits per heavy atom. The summed E-state index contributed by atoms with van der Waals surface area (Å²) in [5.41, 5.74) is 8.13. The van der Waals surface area contributed by atoms with Crippen molar-refractivity contribution in [2.24, 2.45) is 23.7 Å². The van der Waals surface area contributed by atoms with E-state index in [4.69, 9.17) is 23.7 Å². The van der Waals surface area contributed by atoms with E-state index in [0.29, 0.717) is 129 Å². The number of halogens is 2. The van der Waals surface area contributed by atoms with Gasteiger partial charge in [-0.25, -0.2) is 43.7 Å². The Bertz CT molecular complexity index is 6250. The third-order valence-corrected chi connectivity index (χ3v) is 24.3. The van der Waals surface area contributed by atoms with Gasteiger partial charge in [-0.2, -0.15) is 50.2 Å². The molecule has 125 heavy (non-hydrogen) atoms. The minimum atomic E-state index is -2.57.